The Morgan fingerprint density at radius 1 is 1.33 bits per heavy atom. The molecule has 2 N–H and O–H groups in total. The Morgan fingerprint density at radius 2 is 2.00 bits per heavy atom. The lowest BCUT2D eigenvalue weighted by Crippen LogP contribution is -2.17. The van der Waals surface area contributed by atoms with Crippen LogP contribution in [0, 0.1) is 0 Å². The largest absolute Gasteiger partial charge is 0.493 e. The Hall–Kier alpha value is -1.14. The van der Waals surface area contributed by atoms with Gasteiger partial charge >= 0.3 is 6.18 Å². The topological polar surface area (TPSA) is 44.5 Å². The minimum absolute atomic E-state index is 0.0377. The average Bonchev–Trinajstić information content (AvgIpc) is 2.33. The highest BCUT2D eigenvalue weighted by Gasteiger charge is 2.26. The summed E-state index contributed by atoms with van der Waals surface area (Å²) in [5.74, 6) is 0.653. The van der Waals surface area contributed by atoms with E-state index in [1.165, 1.54) is 7.11 Å². The van der Waals surface area contributed by atoms with Crippen molar-refractivity contribution in [1.82, 2.24) is 0 Å². The Balaban J connectivity index is 2.73. The molecule has 0 fully saturated rings. The first-order valence-corrected chi connectivity index (χ1v) is 6.92. The quantitative estimate of drug-likeness (QED) is 0.772. The molecule has 1 aromatic rings. The molecule has 1 aromatic carbocycles. The third-order valence-corrected chi connectivity index (χ3v) is 2.98. The van der Waals surface area contributed by atoms with E-state index in [2.05, 4.69) is 0 Å². The maximum absolute atomic E-state index is 12.1. The lowest BCUT2D eigenvalue weighted by molar-refractivity contribution is -0.136. The molecular formula is C14H19ClF3NO2. The summed E-state index contributed by atoms with van der Waals surface area (Å²) in [6.07, 6.45) is -4.59. The number of hydrogen-bond donors (Lipinski definition) is 1. The molecule has 0 aliphatic rings. The zero-order chi connectivity index (χ0) is 16.0. The standard InChI is InChI=1S/C14H19ClF3NO2/c1-9(19)6-10-7-11(15)13(12(8-10)20-2)21-5-3-4-14(16,17)18/h7-9H,3-6,19H2,1-2H3. The van der Waals surface area contributed by atoms with Crippen LogP contribution in [0.2, 0.25) is 5.02 Å². The van der Waals surface area contributed by atoms with Gasteiger partial charge in [-0.15, -0.1) is 0 Å². The maximum atomic E-state index is 12.1. The van der Waals surface area contributed by atoms with Crippen LogP contribution in [0.1, 0.15) is 25.3 Å². The van der Waals surface area contributed by atoms with E-state index in [0.29, 0.717) is 17.2 Å². The van der Waals surface area contributed by atoms with Crippen LogP contribution in [0.5, 0.6) is 11.5 Å². The molecule has 0 amide bonds. The van der Waals surface area contributed by atoms with Crippen LogP contribution >= 0.6 is 11.6 Å². The zero-order valence-electron chi connectivity index (χ0n) is 12.0. The first-order valence-electron chi connectivity index (χ1n) is 6.54. The summed E-state index contributed by atoms with van der Waals surface area (Å²) in [6, 6.07) is 3.38. The molecule has 0 aliphatic carbocycles. The Morgan fingerprint density at radius 3 is 2.52 bits per heavy atom. The molecule has 1 atom stereocenters. The lowest BCUT2D eigenvalue weighted by atomic mass is 10.1. The van der Waals surface area contributed by atoms with Crippen molar-refractivity contribution in [3.8, 4) is 11.5 Å². The van der Waals surface area contributed by atoms with Gasteiger partial charge in [-0.3, -0.25) is 0 Å². The van der Waals surface area contributed by atoms with Crippen molar-refractivity contribution in [2.45, 2.75) is 38.4 Å². The summed E-state index contributed by atoms with van der Waals surface area (Å²) in [7, 11) is 1.45. The van der Waals surface area contributed by atoms with Crippen molar-refractivity contribution in [3.63, 3.8) is 0 Å². The fourth-order valence-corrected chi connectivity index (χ4v) is 2.14. The lowest BCUT2D eigenvalue weighted by Gasteiger charge is -2.15. The summed E-state index contributed by atoms with van der Waals surface area (Å²) in [5, 5.41) is 0.303. The molecule has 0 heterocycles. The fourth-order valence-electron chi connectivity index (χ4n) is 1.85. The van der Waals surface area contributed by atoms with Crippen LogP contribution < -0.4 is 15.2 Å². The number of hydrogen-bond acceptors (Lipinski definition) is 3. The third kappa shape index (κ3) is 6.44. The van der Waals surface area contributed by atoms with Gasteiger partial charge in [-0.05, 0) is 37.5 Å². The van der Waals surface area contributed by atoms with E-state index in [1.807, 2.05) is 6.92 Å². The summed E-state index contributed by atoms with van der Waals surface area (Å²) >= 11 is 6.10. The van der Waals surface area contributed by atoms with Crippen LogP contribution in [-0.4, -0.2) is 25.9 Å². The molecule has 0 bridgehead atoms. The predicted octanol–water partition coefficient (Wildman–Crippen LogP) is 3.96. The molecule has 7 heteroatoms. The number of nitrogens with two attached hydrogens (primary N) is 1. The van der Waals surface area contributed by atoms with E-state index < -0.39 is 12.6 Å². The number of alkyl halides is 3. The second kappa shape index (κ2) is 7.75. The van der Waals surface area contributed by atoms with E-state index in [0.717, 1.165) is 5.56 Å². The molecule has 3 nitrogen and oxygen atoms in total. The van der Waals surface area contributed by atoms with Crippen LogP contribution in [0.4, 0.5) is 13.2 Å². The number of halogens is 4. The normalized spacial score (nSPS) is 13.1. The van der Waals surface area contributed by atoms with Gasteiger partial charge in [0.05, 0.1) is 18.7 Å². The Kier molecular flexibility index (Phi) is 6.61. The average molecular weight is 326 g/mol. The summed E-state index contributed by atoms with van der Waals surface area (Å²) in [6.45, 7) is 1.78. The number of ether oxygens (including phenoxy) is 2. The van der Waals surface area contributed by atoms with E-state index in [1.54, 1.807) is 12.1 Å². The monoisotopic (exact) mass is 325 g/mol. The Labute approximate surface area is 127 Å². The van der Waals surface area contributed by atoms with Gasteiger partial charge in [-0.1, -0.05) is 11.6 Å². The smallest absolute Gasteiger partial charge is 0.389 e. The minimum atomic E-state index is -4.18. The molecule has 0 aliphatic heterocycles. The van der Waals surface area contributed by atoms with Gasteiger partial charge in [-0.25, -0.2) is 0 Å². The maximum Gasteiger partial charge on any atom is 0.389 e. The van der Waals surface area contributed by atoms with Crippen LogP contribution in [0.15, 0.2) is 12.1 Å². The molecule has 0 saturated heterocycles. The van der Waals surface area contributed by atoms with Crippen molar-refractivity contribution >= 4 is 11.6 Å². The van der Waals surface area contributed by atoms with Gasteiger partial charge < -0.3 is 15.2 Å². The Bertz CT molecular complexity index is 464. The highest BCUT2D eigenvalue weighted by atomic mass is 35.5. The third-order valence-electron chi connectivity index (χ3n) is 2.70. The van der Waals surface area contributed by atoms with Gasteiger partial charge in [0.15, 0.2) is 11.5 Å². The highest BCUT2D eigenvalue weighted by molar-refractivity contribution is 6.32. The van der Waals surface area contributed by atoms with Gasteiger partial charge in [0.2, 0.25) is 0 Å². The summed E-state index contributed by atoms with van der Waals surface area (Å²) < 4.78 is 46.7. The van der Waals surface area contributed by atoms with Gasteiger partial charge in [-0.2, -0.15) is 13.2 Å². The first-order chi connectivity index (χ1) is 9.73. The minimum Gasteiger partial charge on any atom is -0.493 e. The van der Waals surface area contributed by atoms with Crippen LogP contribution in [-0.2, 0) is 6.42 Å². The van der Waals surface area contributed by atoms with Gasteiger partial charge in [0.1, 0.15) is 0 Å². The molecule has 0 saturated carbocycles. The van der Waals surface area contributed by atoms with Gasteiger partial charge in [0.25, 0.3) is 0 Å². The zero-order valence-corrected chi connectivity index (χ0v) is 12.7. The molecule has 1 unspecified atom stereocenters. The molecule has 0 spiro atoms. The predicted molar refractivity (Wildman–Crippen MR) is 76.1 cm³/mol. The first kappa shape index (κ1) is 17.9. The molecule has 120 valence electrons. The second-order valence-electron chi connectivity index (χ2n) is 4.86. The number of rotatable bonds is 7. The second-order valence-corrected chi connectivity index (χ2v) is 5.26. The van der Waals surface area contributed by atoms with Crippen LogP contribution in [0.3, 0.4) is 0 Å². The molecule has 1 rings (SSSR count). The fraction of sp³-hybridized carbons (Fsp3) is 0.571. The van der Waals surface area contributed by atoms with Crippen molar-refractivity contribution in [2.24, 2.45) is 5.73 Å². The van der Waals surface area contributed by atoms with E-state index in [9.17, 15) is 13.2 Å². The molecule has 21 heavy (non-hydrogen) atoms. The molecular weight excluding hydrogens is 307 g/mol. The van der Waals surface area contributed by atoms with Gasteiger partial charge in [0, 0.05) is 12.5 Å². The van der Waals surface area contributed by atoms with E-state index >= 15 is 0 Å². The molecule has 0 radical (unpaired) electrons. The van der Waals surface area contributed by atoms with Crippen molar-refractivity contribution < 1.29 is 22.6 Å². The highest BCUT2D eigenvalue weighted by Crippen LogP contribution is 2.37. The van der Waals surface area contributed by atoms with Crippen molar-refractivity contribution in [3.05, 3.63) is 22.7 Å². The van der Waals surface area contributed by atoms with Crippen LogP contribution in [0.25, 0.3) is 0 Å². The van der Waals surface area contributed by atoms with Crippen molar-refractivity contribution in [1.29, 1.82) is 0 Å². The van der Waals surface area contributed by atoms with E-state index in [-0.39, 0.29) is 24.8 Å². The van der Waals surface area contributed by atoms with Crippen molar-refractivity contribution in [2.75, 3.05) is 13.7 Å². The summed E-state index contributed by atoms with van der Waals surface area (Å²) in [4.78, 5) is 0. The summed E-state index contributed by atoms with van der Waals surface area (Å²) in [5.41, 5.74) is 6.61. The number of methoxy groups -OCH3 is 1. The van der Waals surface area contributed by atoms with E-state index in [4.69, 9.17) is 26.8 Å². The number of benzene rings is 1. The molecule has 0 aromatic heterocycles. The SMILES string of the molecule is COc1cc(CC(C)N)cc(Cl)c1OCCCC(F)(F)F.